The van der Waals surface area contributed by atoms with Crippen molar-refractivity contribution in [3.63, 3.8) is 0 Å². The molecule has 0 amide bonds. The van der Waals surface area contributed by atoms with Gasteiger partial charge in [-0.1, -0.05) is 49.4 Å². The minimum atomic E-state index is -1.16. The summed E-state index contributed by atoms with van der Waals surface area (Å²) in [6, 6.07) is 22.1. The molecule has 0 fully saturated rings. The van der Waals surface area contributed by atoms with Crippen molar-refractivity contribution in [2.45, 2.75) is 19.8 Å². The third kappa shape index (κ3) is 6.18. The van der Waals surface area contributed by atoms with Crippen LogP contribution in [0.2, 0.25) is 0 Å². The largest absolute Gasteiger partial charge is 0.507 e. The van der Waals surface area contributed by atoms with E-state index in [1.165, 1.54) is 24.3 Å². The molecule has 0 aromatic heterocycles. The molecule has 0 atom stereocenters. The molecular formula is C31H27FO6. The van der Waals surface area contributed by atoms with Gasteiger partial charge in [-0.15, -0.1) is 0 Å². The maximum atomic E-state index is 13.3. The van der Waals surface area contributed by atoms with Gasteiger partial charge in [0.25, 0.3) is 0 Å². The van der Waals surface area contributed by atoms with Crippen LogP contribution in [0.15, 0.2) is 84.9 Å². The average Bonchev–Trinajstić information content (AvgIpc) is 2.93. The van der Waals surface area contributed by atoms with E-state index in [0.29, 0.717) is 54.2 Å². The maximum absolute atomic E-state index is 13.3. The minimum Gasteiger partial charge on any atom is -0.507 e. The third-order valence-corrected chi connectivity index (χ3v) is 6.03. The van der Waals surface area contributed by atoms with Gasteiger partial charge in [0.15, 0.2) is 5.78 Å². The van der Waals surface area contributed by atoms with Crippen LogP contribution in [-0.2, 0) is 6.42 Å². The highest BCUT2D eigenvalue weighted by atomic mass is 19.1. The highest BCUT2D eigenvalue weighted by Crippen LogP contribution is 2.36. The molecule has 0 saturated carbocycles. The van der Waals surface area contributed by atoms with Crippen LogP contribution in [0.4, 0.5) is 4.39 Å². The lowest BCUT2D eigenvalue weighted by Crippen LogP contribution is -2.10. The van der Waals surface area contributed by atoms with Crippen molar-refractivity contribution in [2.24, 2.45) is 0 Å². The normalized spacial score (nSPS) is 10.7. The zero-order valence-electron chi connectivity index (χ0n) is 20.8. The summed E-state index contributed by atoms with van der Waals surface area (Å²) >= 11 is 0. The molecule has 7 heteroatoms. The number of phenolic OH excluding ortho intramolecular Hbond substituents is 1. The second-order valence-electron chi connectivity index (χ2n) is 8.60. The second kappa shape index (κ2) is 12.1. The van der Waals surface area contributed by atoms with E-state index in [9.17, 15) is 24.2 Å². The number of halogens is 1. The molecule has 4 rings (SSSR count). The van der Waals surface area contributed by atoms with Crippen LogP contribution < -0.4 is 9.47 Å². The van der Waals surface area contributed by atoms with Gasteiger partial charge in [-0.25, -0.2) is 9.18 Å². The summed E-state index contributed by atoms with van der Waals surface area (Å²) in [6.45, 7) is 2.65. The molecule has 4 aromatic rings. The number of carbonyl (C=O) groups is 2. The molecule has 0 bridgehead atoms. The third-order valence-electron chi connectivity index (χ3n) is 6.03. The fourth-order valence-corrected chi connectivity index (χ4v) is 4.07. The number of carbonyl (C=O) groups excluding carboxylic acids is 1. The Morgan fingerprint density at radius 1 is 0.842 bits per heavy atom. The minimum absolute atomic E-state index is 0.0472. The summed E-state index contributed by atoms with van der Waals surface area (Å²) in [4.78, 5) is 24.4. The molecular weight excluding hydrogens is 487 g/mol. The summed E-state index contributed by atoms with van der Waals surface area (Å²) in [6.07, 6.45) is 1.23. The average molecular weight is 515 g/mol. The molecule has 0 aliphatic heterocycles. The van der Waals surface area contributed by atoms with Crippen LogP contribution in [0.3, 0.4) is 0 Å². The van der Waals surface area contributed by atoms with Gasteiger partial charge in [0, 0.05) is 29.2 Å². The number of hydrogen-bond donors (Lipinski definition) is 2. The van der Waals surface area contributed by atoms with Crippen LogP contribution in [0, 0.1) is 5.82 Å². The summed E-state index contributed by atoms with van der Waals surface area (Å²) in [5, 5.41) is 19.9. The van der Waals surface area contributed by atoms with E-state index in [1.54, 1.807) is 54.6 Å². The van der Waals surface area contributed by atoms with Gasteiger partial charge < -0.3 is 19.7 Å². The number of ether oxygens (including phenoxy) is 2. The van der Waals surface area contributed by atoms with E-state index in [2.05, 4.69) is 0 Å². The number of aryl methyl sites for hydroxylation is 1. The predicted molar refractivity (Wildman–Crippen MR) is 142 cm³/mol. The molecule has 194 valence electrons. The number of carboxylic acids is 1. The first-order chi connectivity index (χ1) is 18.4. The fourth-order valence-electron chi connectivity index (χ4n) is 4.07. The van der Waals surface area contributed by atoms with Crippen molar-refractivity contribution in [3.8, 4) is 28.4 Å². The molecule has 2 N–H and O–H groups in total. The number of carboxylic acid groups (broad SMARTS) is 1. The Balaban J connectivity index is 1.35. The van der Waals surface area contributed by atoms with E-state index < -0.39 is 11.8 Å². The van der Waals surface area contributed by atoms with Crippen LogP contribution >= 0.6 is 0 Å². The molecule has 0 radical (unpaired) electrons. The van der Waals surface area contributed by atoms with Crippen LogP contribution in [0.25, 0.3) is 11.1 Å². The van der Waals surface area contributed by atoms with Crippen molar-refractivity contribution >= 4 is 11.8 Å². The topological polar surface area (TPSA) is 93.1 Å². The first-order valence-corrected chi connectivity index (χ1v) is 12.2. The lowest BCUT2D eigenvalue weighted by molar-refractivity contribution is 0.0692. The summed E-state index contributed by atoms with van der Waals surface area (Å²) in [5.74, 6) is -0.794. The van der Waals surface area contributed by atoms with Gasteiger partial charge in [-0.05, 0) is 53.9 Å². The van der Waals surface area contributed by atoms with Gasteiger partial charge in [-0.2, -0.15) is 0 Å². The molecule has 0 heterocycles. The molecule has 38 heavy (non-hydrogen) atoms. The van der Waals surface area contributed by atoms with Gasteiger partial charge in [0.05, 0.1) is 18.8 Å². The summed E-state index contributed by atoms with van der Waals surface area (Å²) in [5.41, 5.74) is 2.63. The lowest BCUT2D eigenvalue weighted by Gasteiger charge is -2.14. The fraction of sp³-hybridized carbons (Fsp3) is 0.161. The van der Waals surface area contributed by atoms with Crippen molar-refractivity contribution in [3.05, 3.63) is 113 Å². The summed E-state index contributed by atoms with van der Waals surface area (Å²) in [7, 11) is 0. The number of aromatic carboxylic acids is 1. The Hall–Kier alpha value is -4.65. The Morgan fingerprint density at radius 2 is 1.55 bits per heavy atom. The van der Waals surface area contributed by atoms with E-state index in [1.807, 2.05) is 13.0 Å². The van der Waals surface area contributed by atoms with Crippen LogP contribution in [-0.4, -0.2) is 35.2 Å². The highest BCUT2D eigenvalue weighted by Gasteiger charge is 2.18. The number of phenols is 1. The zero-order valence-corrected chi connectivity index (χ0v) is 20.8. The molecule has 0 aliphatic rings. The molecule has 4 aromatic carbocycles. The lowest BCUT2D eigenvalue weighted by atomic mass is 9.98. The van der Waals surface area contributed by atoms with Crippen molar-refractivity contribution < 1.29 is 33.7 Å². The van der Waals surface area contributed by atoms with Crippen LogP contribution in [0.5, 0.6) is 17.2 Å². The molecule has 0 aliphatic carbocycles. The van der Waals surface area contributed by atoms with Gasteiger partial charge in [-0.3, -0.25) is 4.79 Å². The van der Waals surface area contributed by atoms with Gasteiger partial charge in [0.1, 0.15) is 23.1 Å². The number of hydrogen-bond acceptors (Lipinski definition) is 5. The quantitative estimate of drug-likeness (QED) is 0.174. The van der Waals surface area contributed by atoms with E-state index in [4.69, 9.17) is 9.47 Å². The molecule has 0 saturated heterocycles. The number of aromatic hydroxyl groups is 1. The van der Waals surface area contributed by atoms with Crippen molar-refractivity contribution in [1.29, 1.82) is 0 Å². The standard InChI is InChI=1S/C31H27FO6/c1-2-20-18-27(21-11-13-23(32)14-12-21)28(33)19-29(20)38-16-6-15-37-24-8-5-7-22(17-24)30(34)25-9-3-4-10-26(25)31(35)36/h3-5,7-14,17-19,33H,2,6,15-16H2,1H3,(H,35,36). The Kier molecular flexibility index (Phi) is 8.38. The molecule has 0 unspecified atom stereocenters. The Bertz CT molecular complexity index is 1450. The molecule has 6 nitrogen and oxygen atoms in total. The van der Waals surface area contributed by atoms with Crippen molar-refractivity contribution in [1.82, 2.24) is 0 Å². The smallest absolute Gasteiger partial charge is 0.336 e. The Labute approximate surface area is 219 Å². The van der Waals surface area contributed by atoms with Gasteiger partial charge >= 0.3 is 5.97 Å². The van der Waals surface area contributed by atoms with Gasteiger partial charge in [0.2, 0.25) is 0 Å². The second-order valence-corrected chi connectivity index (χ2v) is 8.60. The predicted octanol–water partition coefficient (Wildman–Crippen LogP) is 6.54. The number of benzene rings is 4. The van der Waals surface area contributed by atoms with E-state index in [-0.39, 0.29) is 22.7 Å². The zero-order chi connectivity index (χ0) is 27.1. The van der Waals surface area contributed by atoms with Crippen LogP contribution in [0.1, 0.15) is 45.2 Å². The summed E-state index contributed by atoms with van der Waals surface area (Å²) < 4.78 is 25.0. The Morgan fingerprint density at radius 3 is 2.26 bits per heavy atom. The first-order valence-electron chi connectivity index (χ1n) is 12.2. The highest BCUT2D eigenvalue weighted by molar-refractivity contribution is 6.14. The van der Waals surface area contributed by atoms with E-state index in [0.717, 1.165) is 5.56 Å². The molecule has 0 spiro atoms. The monoisotopic (exact) mass is 514 g/mol. The number of ketones is 1. The maximum Gasteiger partial charge on any atom is 0.336 e. The van der Waals surface area contributed by atoms with Crippen molar-refractivity contribution in [2.75, 3.05) is 13.2 Å². The SMILES string of the molecule is CCc1cc(-c2ccc(F)cc2)c(O)cc1OCCCOc1cccc(C(=O)c2ccccc2C(=O)O)c1. The van der Waals surface area contributed by atoms with E-state index >= 15 is 0 Å². The first kappa shape index (κ1) is 26.4. The number of rotatable bonds is 11.